The van der Waals surface area contributed by atoms with Crippen molar-refractivity contribution < 1.29 is 4.79 Å². The molecule has 1 unspecified atom stereocenters. The molecule has 3 heterocycles. The molecule has 1 aliphatic heterocycles. The van der Waals surface area contributed by atoms with Crippen molar-refractivity contribution >= 4 is 27.5 Å². The molecule has 1 aromatic carbocycles. The molecular formula is C22H23BrN4O. The number of fused-ring (bicyclic) bond motifs is 2. The van der Waals surface area contributed by atoms with Crippen LogP contribution in [0.4, 0.5) is 0 Å². The minimum Gasteiger partial charge on any atom is -0.330 e. The third-order valence-electron chi connectivity index (χ3n) is 6.19. The van der Waals surface area contributed by atoms with Crippen LogP contribution in [0.2, 0.25) is 0 Å². The van der Waals surface area contributed by atoms with E-state index in [2.05, 4.69) is 55.2 Å². The molecule has 1 atom stereocenters. The fraction of sp³-hybridized carbons (Fsp3) is 0.409. The molecular weight excluding hydrogens is 416 g/mol. The smallest absolute Gasteiger partial charge is 0.274 e. The topological polar surface area (TPSA) is 50.5 Å². The van der Waals surface area contributed by atoms with Gasteiger partial charge in [-0.05, 0) is 52.2 Å². The summed E-state index contributed by atoms with van der Waals surface area (Å²) in [6.45, 7) is 0.752. The van der Waals surface area contributed by atoms with Gasteiger partial charge in [0.05, 0.1) is 10.5 Å². The summed E-state index contributed by atoms with van der Waals surface area (Å²) in [6.07, 6.45) is 10.7. The van der Waals surface area contributed by atoms with E-state index in [1.165, 1.54) is 43.2 Å². The second-order valence-electron chi connectivity index (χ2n) is 7.89. The number of amides is 1. The zero-order chi connectivity index (χ0) is 19.1. The van der Waals surface area contributed by atoms with Crippen molar-refractivity contribution in [3.05, 3.63) is 64.0 Å². The van der Waals surface area contributed by atoms with Crippen molar-refractivity contribution in [1.82, 2.24) is 19.5 Å². The van der Waals surface area contributed by atoms with Gasteiger partial charge in [0.2, 0.25) is 0 Å². The van der Waals surface area contributed by atoms with E-state index in [1.54, 1.807) is 16.8 Å². The molecule has 1 amide bonds. The van der Waals surface area contributed by atoms with Gasteiger partial charge in [0.1, 0.15) is 0 Å². The Morgan fingerprint density at radius 1 is 1.14 bits per heavy atom. The first-order valence-electron chi connectivity index (χ1n) is 10.1. The summed E-state index contributed by atoms with van der Waals surface area (Å²) in [5, 5.41) is 4.52. The Bertz CT molecular complexity index is 1020. The highest BCUT2D eigenvalue weighted by Crippen LogP contribution is 2.42. The summed E-state index contributed by atoms with van der Waals surface area (Å²) < 4.78 is 2.51. The number of carbonyl (C=O) groups excluding carboxylic acids is 1. The Labute approximate surface area is 172 Å². The van der Waals surface area contributed by atoms with E-state index in [4.69, 9.17) is 0 Å². The van der Waals surface area contributed by atoms with E-state index < -0.39 is 0 Å². The van der Waals surface area contributed by atoms with Crippen molar-refractivity contribution in [2.75, 3.05) is 6.54 Å². The first-order valence-corrected chi connectivity index (χ1v) is 10.9. The van der Waals surface area contributed by atoms with E-state index in [0.29, 0.717) is 17.3 Å². The van der Waals surface area contributed by atoms with Crippen LogP contribution in [-0.4, -0.2) is 31.9 Å². The van der Waals surface area contributed by atoms with E-state index in [-0.39, 0.29) is 11.9 Å². The third kappa shape index (κ3) is 3.13. The number of benzene rings is 1. The SMILES string of the molecule is O=C(c1cc2ncc(Br)cn2n1)N1CCc2ccccc2C1C1CCCCC1. The Morgan fingerprint density at radius 2 is 1.96 bits per heavy atom. The lowest BCUT2D eigenvalue weighted by molar-refractivity contribution is 0.0534. The summed E-state index contributed by atoms with van der Waals surface area (Å²) in [4.78, 5) is 20.0. The fourth-order valence-electron chi connectivity index (χ4n) is 4.89. The maximum Gasteiger partial charge on any atom is 0.274 e. The predicted octanol–water partition coefficient (Wildman–Crippen LogP) is 4.81. The average molecular weight is 439 g/mol. The molecule has 1 aliphatic carbocycles. The van der Waals surface area contributed by atoms with Gasteiger partial charge < -0.3 is 4.90 Å². The lowest BCUT2D eigenvalue weighted by atomic mass is 9.77. The molecule has 0 radical (unpaired) electrons. The average Bonchev–Trinajstić information content (AvgIpc) is 3.16. The zero-order valence-corrected chi connectivity index (χ0v) is 17.3. The Balaban J connectivity index is 1.53. The van der Waals surface area contributed by atoms with Gasteiger partial charge in [0, 0.05) is 25.0 Å². The molecule has 144 valence electrons. The maximum atomic E-state index is 13.5. The van der Waals surface area contributed by atoms with Crippen LogP contribution in [-0.2, 0) is 6.42 Å². The number of hydrogen-bond acceptors (Lipinski definition) is 3. The Kier molecular flexibility index (Phi) is 4.67. The van der Waals surface area contributed by atoms with Gasteiger partial charge in [-0.25, -0.2) is 9.50 Å². The standard InChI is InChI=1S/C22H23BrN4O/c23-17-13-24-20-12-19(25-27(20)14-17)22(28)26-11-10-15-6-4-5-9-18(15)21(26)16-7-2-1-3-8-16/h4-6,9,12-14,16,21H,1-3,7-8,10-11H2. The summed E-state index contributed by atoms with van der Waals surface area (Å²) in [7, 11) is 0. The number of hydrogen-bond donors (Lipinski definition) is 0. The first kappa shape index (κ1) is 17.9. The van der Waals surface area contributed by atoms with E-state index in [9.17, 15) is 4.79 Å². The summed E-state index contributed by atoms with van der Waals surface area (Å²) in [5.74, 6) is 0.551. The number of nitrogens with zero attached hydrogens (tertiary/aromatic N) is 4. The van der Waals surface area contributed by atoms with Crippen LogP contribution in [0.5, 0.6) is 0 Å². The third-order valence-corrected chi connectivity index (χ3v) is 6.60. The van der Waals surface area contributed by atoms with Crippen LogP contribution >= 0.6 is 15.9 Å². The molecule has 1 saturated carbocycles. The Hall–Kier alpha value is -2.21. The van der Waals surface area contributed by atoms with Gasteiger partial charge in [0.25, 0.3) is 5.91 Å². The molecule has 0 spiro atoms. The largest absolute Gasteiger partial charge is 0.330 e. The number of carbonyl (C=O) groups is 1. The summed E-state index contributed by atoms with van der Waals surface area (Å²) in [5.41, 5.74) is 3.89. The highest BCUT2D eigenvalue weighted by molar-refractivity contribution is 9.10. The van der Waals surface area contributed by atoms with Crippen LogP contribution in [0.1, 0.15) is 59.8 Å². The quantitative estimate of drug-likeness (QED) is 0.576. The molecule has 5 rings (SSSR count). The highest BCUT2D eigenvalue weighted by Gasteiger charge is 2.37. The van der Waals surface area contributed by atoms with Crippen molar-refractivity contribution in [3.63, 3.8) is 0 Å². The fourth-order valence-corrected chi connectivity index (χ4v) is 5.19. The molecule has 2 aromatic heterocycles. The monoisotopic (exact) mass is 438 g/mol. The van der Waals surface area contributed by atoms with Gasteiger partial charge in [-0.2, -0.15) is 5.10 Å². The summed E-state index contributed by atoms with van der Waals surface area (Å²) >= 11 is 3.42. The second kappa shape index (κ2) is 7.32. The van der Waals surface area contributed by atoms with Gasteiger partial charge in [-0.3, -0.25) is 4.79 Å². The predicted molar refractivity (Wildman–Crippen MR) is 111 cm³/mol. The van der Waals surface area contributed by atoms with Crippen molar-refractivity contribution in [3.8, 4) is 0 Å². The van der Waals surface area contributed by atoms with E-state index in [1.807, 2.05) is 6.20 Å². The van der Waals surface area contributed by atoms with Crippen LogP contribution in [0.3, 0.4) is 0 Å². The maximum absolute atomic E-state index is 13.5. The van der Waals surface area contributed by atoms with Crippen LogP contribution in [0.25, 0.3) is 5.65 Å². The van der Waals surface area contributed by atoms with Gasteiger partial charge in [-0.1, -0.05) is 43.5 Å². The first-order chi connectivity index (χ1) is 13.7. The molecule has 0 bridgehead atoms. The molecule has 6 heteroatoms. The Morgan fingerprint density at radius 3 is 2.82 bits per heavy atom. The van der Waals surface area contributed by atoms with Gasteiger partial charge in [0.15, 0.2) is 11.3 Å². The van der Waals surface area contributed by atoms with Gasteiger partial charge >= 0.3 is 0 Å². The number of rotatable bonds is 2. The molecule has 0 N–H and O–H groups in total. The minimum absolute atomic E-state index is 0.0201. The number of aromatic nitrogens is 3. The van der Waals surface area contributed by atoms with Crippen molar-refractivity contribution in [1.29, 1.82) is 0 Å². The molecule has 3 aromatic rings. The minimum atomic E-state index is 0.0201. The number of halogens is 1. The normalized spacial score (nSPS) is 20.3. The van der Waals surface area contributed by atoms with E-state index in [0.717, 1.165) is 17.4 Å². The van der Waals surface area contributed by atoms with Gasteiger partial charge in [-0.15, -0.1) is 0 Å². The van der Waals surface area contributed by atoms with Crippen LogP contribution in [0.15, 0.2) is 47.2 Å². The molecule has 28 heavy (non-hydrogen) atoms. The molecule has 5 nitrogen and oxygen atoms in total. The van der Waals surface area contributed by atoms with E-state index >= 15 is 0 Å². The van der Waals surface area contributed by atoms with Crippen LogP contribution in [0, 0.1) is 5.92 Å². The molecule has 1 fully saturated rings. The highest BCUT2D eigenvalue weighted by atomic mass is 79.9. The molecule has 0 saturated heterocycles. The second-order valence-corrected chi connectivity index (χ2v) is 8.81. The summed E-state index contributed by atoms with van der Waals surface area (Å²) in [6, 6.07) is 10.6. The lowest BCUT2D eigenvalue weighted by Crippen LogP contribution is -2.43. The zero-order valence-electron chi connectivity index (χ0n) is 15.7. The van der Waals surface area contributed by atoms with Crippen molar-refractivity contribution in [2.45, 2.75) is 44.6 Å². The van der Waals surface area contributed by atoms with Crippen molar-refractivity contribution in [2.24, 2.45) is 5.92 Å². The molecule has 2 aliphatic rings. The lowest BCUT2D eigenvalue weighted by Gasteiger charge is -2.42. The van der Waals surface area contributed by atoms with Crippen LogP contribution < -0.4 is 0 Å².